The first kappa shape index (κ1) is 15.1. The quantitative estimate of drug-likeness (QED) is 0.886. The number of nitrogens with zero attached hydrogens (tertiary/aromatic N) is 1. The van der Waals surface area contributed by atoms with Crippen LogP contribution in [0.15, 0.2) is 47.5 Å². The predicted molar refractivity (Wildman–Crippen MR) is 79.1 cm³/mol. The molecule has 0 saturated heterocycles. The van der Waals surface area contributed by atoms with Crippen LogP contribution in [0.4, 0.5) is 5.69 Å². The molecule has 0 bridgehead atoms. The van der Waals surface area contributed by atoms with Gasteiger partial charge in [-0.1, -0.05) is 12.1 Å². The lowest BCUT2D eigenvalue weighted by Crippen LogP contribution is -2.17. The molecule has 110 valence electrons. The van der Waals surface area contributed by atoms with E-state index in [0.29, 0.717) is 16.9 Å². The average Bonchev–Trinajstić information content (AvgIpc) is 2.41. The largest absolute Gasteiger partial charge is 0.326 e. The van der Waals surface area contributed by atoms with Crippen molar-refractivity contribution in [2.75, 3.05) is 5.32 Å². The molecule has 3 N–H and O–H groups in total. The molecule has 0 radical (unpaired) electrons. The van der Waals surface area contributed by atoms with Crippen molar-refractivity contribution in [1.29, 1.82) is 0 Å². The Hall–Kier alpha value is -2.25. The van der Waals surface area contributed by atoms with Gasteiger partial charge in [0.1, 0.15) is 0 Å². The van der Waals surface area contributed by atoms with Crippen LogP contribution in [0.2, 0.25) is 0 Å². The van der Waals surface area contributed by atoms with Gasteiger partial charge in [0.2, 0.25) is 15.9 Å². The highest BCUT2D eigenvalue weighted by molar-refractivity contribution is 7.89. The van der Waals surface area contributed by atoms with Crippen LogP contribution in [0.5, 0.6) is 0 Å². The Balaban J connectivity index is 2.15. The van der Waals surface area contributed by atoms with Gasteiger partial charge in [0.15, 0.2) is 0 Å². The van der Waals surface area contributed by atoms with Crippen LogP contribution in [-0.4, -0.2) is 19.3 Å². The van der Waals surface area contributed by atoms with Crippen molar-refractivity contribution in [2.24, 2.45) is 5.14 Å². The zero-order valence-corrected chi connectivity index (χ0v) is 12.2. The van der Waals surface area contributed by atoms with Gasteiger partial charge in [0.25, 0.3) is 0 Å². The SMILES string of the molecule is Cc1ccc(NC(=O)Cc2ccccn2)cc1S(N)(=O)=O. The number of pyridine rings is 1. The van der Waals surface area contributed by atoms with Gasteiger partial charge in [-0.2, -0.15) is 0 Å². The topological polar surface area (TPSA) is 102 Å². The molecule has 1 aromatic heterocycles. The summed E-state index contributed by atoms with van der Waals surface area (Å²) >= 11 is 0. The molecular formula is C14H15N3O3S. The number of amides is 1. The summed E-state index contributed by atoms with van der Waals surface area (Å²) < 4.78 is 22.9. The summed E-state index contributed by atoms with van der Waals surface area (Å²) in [4.78, 5) is 15.9. The monoisotopic (exact) mass is 305 g/mol. The lowest BCUT2D eigenvalue weighted by molar-refractivity contribution is -0.115. The molecule has 21 heavy (non-hydrogen) atoms. The highest BCUT2D eigenvalue weighted by atomic mass is 32.2. The number of primary sulfonamides is 1. The van der Waals surface area contributed by atoms with Gasteiger partial charge < -0.3 is 5.32 Å². The normalized spacial score (nSPS) is 11.1. The fourth-order valence-electron chi connectivity index (χ4n) is 1.86. The average molecular weight is 305 g/mol. The Bertz CT molecular complexity index is 758. The van der Waals surface area contributed by atoms with Crippen molar-refractivity contribution in [3.8, 4) is 0 Å². The number of nitrogens with two attached hydrogens (primary N) is 1. The standard InChI is InChI=1S/C14H15N3O3S/c1-10-5-6-12(8-13(10)21(15,19)20)17-14(18)9-11-4-2-3-7-16-11/h2-8H,9H2,1H3,(H,17,18)(H2,15,19,20). The summed E-state index contributed by atoms with van der Waals surface area (Å²) in [5.74, 6) is -0.280. The molecule has 0 aliphatic carbocycles. The molecule has 1 heterocycles. The lowest BCUT2D eigenvalue weighted by Gasteiger charge is -2.08. The molecule has 0 unspecified atom stereocenters. The van der Waals surface area contributed by atoms with Gasteiger partial charge in [0.05, 0.1) is 11.3 Å². The van der Waals surface area contributed by atoms with E-state index in [4.69, 9.17) is 5.14 Å². The van der Waals surface area contributed by atoms with Gasteiger partial charge in [-0.05, 0) is 36.8 Å². The summed E-state index contributed by atoms with van der Waals surface area (Å²) in [7, 11) is -3.81. The Morgan fingerprint density at radius 3 is 2.67 bits per heavy atom. The van der Waals surface area contributed by atoms with Crippen LogP contribution >= 0.6 is 0 Å². The highest BCUT2D eigenvalue weighted by Crippen LogP contribution is 2.19. The van der Waals surface area contributed by atoms with Gasteiger partial charge in [0, 0.05) is 17.6 Å². The zero-order valence-electron chi connectivity index (χ0n) is 11.4. The fourth-order valence-corrected chi connectivity index (χ4v) is 2.66. The molecular weight excluding hydrogens is 290 g/mol. The first-order chi connectivity index (χ1) is 9.86. The van der Waals surface area contributed by atoms with Gasteiger partial charge in [-0.15, -0.1) is 0 Å². The number of aryl methyl sites for hydroxylation is 1. The van der Waals surface area contributed by atoms with E-state index >= 15 is 0 Å². The Kier molecular flexibility index (Phi) is 4.35. The first-order valence-corrected chi connectivity index (χ1v) is 7.74. The number of carbonyl (C=O) groups is 1. The van der Waals surface area contributed by atoms with Crippen LogP contribution in [0.1, 0.15) is 11.3 Å². The van der Waals surface area contributed by atoms with Gasteiger partial charge in [-0.3, -0.25) is 9.78 Å². The molecule has 2 rings (SSSR count). The number of benzene rings is 1. The zero-order chi connectivity index (χ0) is 15.5. The molecule has 0 aliphatic heterocycles. The van der Waals surface area contributed by atoms with Gasteiger partial charge in [-0.25, -0.2) is 13.6 Å². The van der Waals surface area contributed by atoms with E-state index in [9.17, 15) is 13.2 Å². The van der Waals surface area contributed by atoms with Crippen molar-refractivity contribution in [3.63, 3.8) is 0 Å². The molecule has 1 aromatic carbocycles. The second-order valence-electron chi connectivity index (χ2n) is 4.57. The van der Waals surface area contributed by atoms with E-state index in [1.54, 1.807) is 43.5 Å². The number of nitrogens with one attached hydrogen (secondary N) is 1. The summed E-state index contributed by atoms with van der Waals surface area (Å²) in [5.41, 5.74) is 1.54. The molecule has 0 aliphatic rings. The first-order valence-electron chi connectivity index (χ1n) is 6.19. The van der Waals surface area contributed by atoms with Crippen LogP contribution in [0.25, 0.3) is 0 Å². The summed E-state index contributed by atoms with van der Waals surface area (Å²) in [5, 5.41) is 7.76. The Labute approximate surface area is 123 Å². The lowest BCUT2D eigenvalue weighted by atomic mass is 10.2. The van der Waals surface area contributed by atoms with Crippen LogP contribution in [0, 0.1) is 6.92 Å². The molecule has 2 aromatic rings. The minimum atomic E-state index is -3.81. The summed E-state index contributed by atoms with van der Waals surface area (Å²) in [6.45, 7) is 1.64. The van der Waals surface area contributed by atoms with Crippen molar-refractivity contribution in [2.45, 2.75) is 18.2 Å². The summed E-state index contributed by atoms with van der Waals surface area (Å²) in [6, 6.07) is 9.86. The van der Waals surface area contributed by atoms with Crippen LogP contribution in [-0.2, 0) is 21.2 Å². The molecule has 0 saturated carbocycles. The molecule has 6 nitrogen and oxygen atoms in total. The van der Waals surface area contributed by atoms with E-state index in [1.807, 2.05) is 0 Å². The Morgan fingerprint density at radius 2 is 2.05 bits per heavy atom. The van der Waals surface area contributed by atoms with Crippen molar-refractivity contribution < 1.29 is 13.2 Å². The predicted octanol–water partition coefficient (Wildman–Crippen LogP) is 1.22. The third-order valence-electron chi connectivity index (χ3n) is 2.85. The van der Waals surface area contributed by atoms with Crippen molar-refractivity contribution in [3.05, 3.63) is 53.9 Å². The molecule has 7 heteroatoms. The van der Waals surface area contributed by atoms with E-state index in [0.717, 1.165) is 0 Å². The van der Waals surface area contributed by atoms with E-state index in [1.165, 1.54) is 6.07 Å². The smallest absolute Gasteiger partial charge is 0.238 e. The minimum absolute atomic E-state index is 0.00173. The Morgan fingerprint density at radius 1 is 1.29 bits per heavy atom. The third kappa shape index (κ3) is 4.11. The third-order valence-corrected chi connectivity index (χ3v) is 3.90. The molecule has 0 spiro atoms. The summed E-state index contributed by atoms with van der Waals surface area (Å²) in [6.07, 6.45) is 1.72. The number of anilines is 1. The van der Waals surface area contributed by atoms with Crippen LogP contribution in [0.3, 0.4) is 0 Å². The maximum Gasteiger partial charge on any atom is 0.238 e. The highest BCUT2D eigenvalue weighted by Gasteiger charge is 2.13. The van der Waals surface area contributed by atoms with Crippen LogP contribution < -0.4 is 10.5 Å². The molecule has 0 atom stereocenters. The molecule has 1 amide bonds. The van der Waals surface area contributed by atoms with E-state index in [2.05, 4.69) is 10.3 Å². The van der Waals surface area contributed by atoms with Crippen molar-refractivity contribution >= 4 is 21.6 Å². The number of hydrogen-bond acceptors (Lipinski definition) is 4. The second kappa shape index (κ2) is 6.02. The van der Waals surface area contributed by atoms with Crippen molar-refractivity contribution in [1.82, 2.24) is 4.98 Å². The number of hydrogen-bond donors (Lipinski definition) is 2. The fraction of sp³-hybridized carbons (Fsp3) is 0.143. The maximum absolute atomic E-state index is 11.9. The number of aromatic nitrogens is 1. The van der Waals surface area contributed by atoms with E-state index in [-0.39, 0.29) is 17.2 Å². The second-order valence-corrected chi connectivity index (χ2v) is 6.10. The van der Waals surface area contributed by atoms with E-state index < -0.39 is 10.0 Å². The minimum Gasteiger partial charge on any atom is -0.326 e. The van der Waals surface area contributed by atoms with Gasteiger partial charge >= 0.3 is 0 Å². The number of rotatable bonds is 4. The molecule has 0 fully saturated rings. The maximum atomic E-state index is 11.9. The number of sulfonamides is 1. The number of carbonyl (C=O) groups excluding carboxylic acids is 1.